The van der Waals surface area contributed by atoms with Crippen molar-refractivity contribution in [3.8, 4) is 0 Å². The van der Waals surface area contributed by atoms with Crippen LogP contribution in [-0.2, 0) is 56.8 Å². The molecule has 51 heavy (non-hydrogen) atoms. The van der Waals surface area contributed by atoms with Gasteiger partial charge in [-0.1, -0.05) is 0 Å². The molecule has 0 aliphatic carbocycles. The van der Waals surface area contributed by atoms with E-state index in [9.17, 15) is 5.11 Å². The van der Waals surface area contributed by atoms with Crippen LogP contribution in [0.2, 0.25) is 0 Å². The molecule has 16 heteroatoms. The van der Waals surface area contributed by atoms with Crippen LogP contribution < -0.4 is 0 Å². The van der Waals surface area contributed by atoms with Crippen LogP contribution in [-0.4, -0.2) is 202 Å². The van der Waals surface area contributed by atoms with Crippen molar-refractivity contribution in [1.29, 1.82) is 0 Å². The summed E-state index contributed by atoms with van der Waals surface area (Å²) in [5.74, 6) is 0. The molecule has 7 unspecified atom stereocenters. The Kier molecular flexibility index (Phi) is 41.7. The van der Waals surface area contributed by atoms with E-state index in [1.807, 2.05) is 41.5 Å². The SMILES string of the molecule is CC(O)COC(C)COC(C)COC(C)COC(C)COC(C)COC(C)CO.OCCOCCOCCOCCOCCOCCOCCO. The molecule has 0 radical (unpaired) electrons. The lowest BCUT2D eigenvalue weighted by molar-refractivity contribution is -0.105. The van der Waals surface area contributed by atoms with Crippen molar-refractivity contribution in [3.63, 3.8) is 0 Å². The van der Waals surface area contributed by atoms with Gasteiger partial charge in [0.25, 0.3) is 0 Å². The summed E-state index contributed by atoms with van der Waals surface area (Å²) in [7, 11) is 0. The quantitative estimate of drug-likeness (QED) is 0.0650. The Balaban J connectivity index is 0. The van der Waals surface area contributed by atoms with Crippen LogP contribution >= 0.6 is 0 Å². The first-order valence-corrected chi connectivity index (χ1v) is 18.2. The molecule has 0 aliphatic rings. The summed E-state index contributed by atoms with van der Waals surface area (Å²) >= 11 is 0. The summed E-state index contributed by atoms with van der Waals surface area (Å²) in [4.78, 5) is 0. The van der Waals surface area contributed by atoms with Crippen LogP contribution in [0.5, 0.6) is 0 Å². The Labute approximate surface area is 307 Å². The van der Waals surface area contributed by atoms with E-state index in [0.717, 1.165) is 0 Å². The number of rotatable bonds is 38. The van der Waals surface area contributed by atoms with E-state index in [2.05, 4.69) is 0 Å². The van der Waals surface area contributed by atoms with Gasteiger partial charge in [-0.2, -0.15) is 0 Å². The van der Waals surface area contributed by atoms with Crippen molar-refractivity contribution in [3.05, 3.63) is 0 Å². The summed E-state index contributed by atoms with van der Waals surface area (Å²) in [6.45, 7) is 21.6. The van der Waals surface area contributed by atoms with Crippen molar-refractivity contribution in [2.45, 2.75) is 91.2 Å². The van der Waals surface area contributed by atoms with Gasteiger partial charge in [0, 0.05) is 0 Å². The maximum absolute atomic E-state index is 9.21. The topological polar surface area (TPSA) is 192 Å². The molecule has 0 amide bonds. The minimum atomic E-state index is -0.474. The first kappa shape index (κ1) is 52.5. The average Bonchev–Trinajstić information content (AvgIpc) is 3.12. The lowest BCUT2D eigenvalue weighted by atomic mass is 10.3. The van der Waals surface area contributed by atoms with Crippen molar-refractivity contribution < 1.29 is 77.3 Å². The molecule has 0 aromatic heterocycles. The molecule has 0 aromatic rings. The number of ether oxygens (including phenoxy) is 12. The monoisotopic (exact) mass is 750 g/mol. The Bertz CT molecular complexity index is 645. The average molecular weight is 751 g/mol. The molecule has 0 aromatic carbocycles. The first-order chi connectivity index (χ1) is 24.5. The molecule has 4 N–H and O–H groups in total. The van der Waals surface area contributed by atoms with Gasteiger partial charge in [-0.25, -0.2) is 0 Å². The van der Waals surface area contributed by atoms with E-state index >= 15 is 0 Å². The second-order valence-corrected chi connectivity index (χ2v) is 12.0. The molecule has 0 saturated heterocycles. The molecular formula is C35H74O16. The van der Waals surface area contributed by atoms with E-state index in [1.165, 1.54) is 0 Å². The number of hydrogen-bond donors (Lipinski definition) is 4. The van der Waals surface area contributed by atoms with Gasteiger partial charge in [-0.05, 0) is 48.5 Å². The van der Waals surface area contributed by atoms with Gasteiger partial charge in [0.05, 0.1) is 181 Å². The first-order valence-electron chi connectivity index (χ1n) is 18.2. The Morgan fingerprint density at radius 1 is 0.314 bits per heavy atom. The van der Waals surface area contributed by atoms with E-state index in [0.29, 0.717) is 119 Å². The highest BCUT2D eigenvalue weighted by Crippen LogP contribution is 2.04. The van der Waals surface area contributed by atoms with Crippen LogP contribution in [0, 0.1) is 0 Å². The Hall–Kier alpha value is -0.640. The van der Waals surface area contributed by atoms with Crippen molar-refractivity contribution in [2.24, 2.45) is 0 Å². The molecule has 0 saturated carbocycles. The molecular weight excluding hydrogens is 676 g/mol. The highest BCUT2D eigenvalue weighted by atomic mass is 16.6. The minimum Gasteiger partial charge on any atom is -0.394 e. The predicted octanol–water partition coefficient (Wildman–Crippen LogP) is 0.861. The molecule has 0 rings (SSSR count). The van der Waals surface area contributed by atoms with E-state index in [-0.39, 0.29) is 56.4 Å². The highest BCUT2D eigenvalue weighted by Gasteiger charge is 2.13. The highest BCUT2D eigenvalue weighted by molar-refractivity contribution is 4.58. The van der Waals surface area contributed by atoms with Crippen LogP contribution in [0.1, 0.15) is 48.5 Å². The second kappa shape index (κ2) is 40.5. The molecule has 0 heterocycles. The minimum absolute atomic E-state index is 0.00355. The normalized spacial score (nSPS) is 15.8. The zero-order chi connectivity index (χ0) is 38.4. The van der Waals surface area contributed by atoms with Crippen molar-refractivity contribution >= 4 is 0 Å². The van der Waals surface area contributed by atoms with Gasteiger partial charge >= 0.3 is 0 Å². The Morgan fingerprint density at radius 2 is 0.529 bits per heavy atom. The van der Waals surface area contributed by atoms with Crippen LogP contribution in [0.25, 0.3) is 0 Å². The molecule has 16 nitrogen and oxygen atoms in total. The third-order valence-electron chi connectivity index (χ3n) is 6.29. The summed E-state index contributed by atoms with van der Waals surface area (Å²) in [5.41, 5.74) is 0. The number of aliphatic hydroxyl groups excluding tert-OH is 4. The van der Waals surface area contributed by atoms with Gasteiger partial charge in [0.1, 0.15) is 0 Å². The van der Waals surface area contributed by atoms with Gasteiger partial charge in [0.15, 0.2) is 0 Å². The lowest BCUT2D eigenvalue weighted by Crippen LogP contribution is -2.30. The molecule has 7 atom stereocenters. The lowest BCUT2D eigenvalue weighted by Gasteiger charge is -2.22. The standard InChI is InChI=1S/C21H44O8.C14H30O8/c1-15(23)9-24-17(3)11-26-19(5)13-28-21(7)14-29-20(6)12-27-18(4)10-25-16(2)8-22;15-1-3-17-5-7-19-9-11-21-13-14-22-12-10-20-8-6-18-4-2-16/h15-23H,8-14H2,1-7H3;15-16H,1-14H2. The van der Waals surface area contributed by atoms with Crippen LogP contribution in [0.15, 0.2) is 0 Å². The fourth-order valence-corrected chi connectivity index (χ4v) is 3.43. The van der Waals surface area contributed by atoms with Crippen molar-refractivity contribution in [2.75, 3.05) is 139 Å². The molecule has 0 spiro atoms. The molecule has 0 aliphatic heterocycles. The largest absolute Gasteiger partial charge is 0.394 e. The van der Waals surface area contributed by atoms with E-state index < -0.39 is 6.10 Å². The number of hydrogen-bond acceptors (Lipinski definition) is 16. The fourth-order valence-electron chi connectivity index (χ4n) is 3.43. The summed E-state index contributed by atoms with van der Waals surface area (Å²) < 4.78 is 65.1. The van der Waals surface area contributed by atoms with Gasteiger partial charge in [-0.15, -0.1) is 0 Å². The zero-order valence-corrected chi connectivity index (χ0v) is 32.6. The van der Waals surface area contributed by atoms with Crippen molar-refractivity contribution in [1.82, 2.24) is 0 Å². The third-order valence-corrected chi connectivity index (χ3v) is 6.29. The zero-order valence-electron chi connectivity index (χ0n) is 32.6. The van der Waals surface area contributed by atoms with Crippen LogP contribution in [0.4, 0.5) is 0 Å². The molecule has 310 valence electrons. The third kappa shape index (κ3) is 43.7. The number of aliphatic hydroxyl groups is 4. The molecule has 0 fully saturated rings. The molecule has 0 bridgehead atoms. The van der Waals surface area contributed by atoms with Gasteiger partial charge in [-0.3, -0.25) is 0 Å². The summed E-state index contributed by atoms with van der Waals surface area (Å²) in [6, 6.07) is 0. The fraction of sp³-hybridized carbons (Fsp3) is 1.00. The second-order valence-electron chi connectivity index (χ2n) is 12.0. The maximum Gasteiger partial charge on any atom is 0.0781 e. The smallest absolute Gasteiger partial charge is 0.0781 e. The Morgan fingerprint density at radius 3 is 0.745 bits per heavy atom. The summed E-state index contributed by atoms with van der Waals surface area (Å²) in [5, 5.41) is 35.1. The van der Waals surface area contributed by atoms with E-state index in [4.69, 9.17) is 72.2 Å². The van der Waals surface area contributed by atoms with Gasteiger partial charge < -0.3 is 77.3 Å². The van der Waals surface area contributed by atoms with Gasteiger partial charge in [0.2, 0.25) is 0 Å². The van der Waals surface area contributed by atoms with Crippen LogP contribution in [0.3, 0.4) is 0 Å². The predicted molar refractivity (Wildman–Crippen MR) is 190 cm³/mol. The van der Waals surface area contributed by atoms with E-state index in [1.54, 1.807) is 6.92 Å². The summed E-state index contributed by atoms with van der Waals surface area (Å²) in [6.07, 6.45) is -0.963. The maximum atomic E-state index is 9.21.